The quantitative estimate of drug-likeness (QED) is 0.517. The molecule has 0 saturated carbocycles. The van der Waals surface area contributed by atoms with Gasteiger partial charge in [-0.25, -0.2) is 4.79 Å². The summed E-state index contributed by atoms with van der Waals surface area (Å²) in [6.07, 6.45) is 1.71. The fraction of sp³-hybridized carbons (Fsp3) is 0.421. The Morgan fingerprint density at radius 2 is 1.73 bits per heavy atom. The molecule has 0 N–H and O–H groups in total. The molecule has 0 radical (unpaired) electrons. The molecule has 2 aromatic rings. The number of carbonyl (C=O) groups is 1. The maximum atomic E-state index is 11.4. The van der Waals surface area contributed by atoms with E-state index < -0.39 is 0 Å². The molecular weight excluding hydrogens is 356 g/mol. The van der Waals surface area contributed by atoms with Gasteiger partial charge in [0, 0.05) is 17.4 Å². The van der Waals surface area contributed by atoms with Crippen molar-refractivity contribution in [2.45, 2.75) is 18.9 Å². The van der Waals surface area contributed by atoms with Crippen molar-refractivity contribution in [1.29, 1.82) is 0 Å². The van der Waals surface area contributed by atoms with E-state index in [1.807, 2.05) is 10.8 Å². The van der Waals surface area contributed by atoms with E-state index in [4.69, 9.17) is 18.9 Å². The second-order valence-corrected chi connectivity index (χ2v) is 6.53. The van der Waals surface area contributed by atoms with E-state index >= 15 is 0 Å². The summed E-state index contributed by atoms with van der Waals surface area (Å²) in [6.45, 7) is 2.24. The van der Waals surface area contributed by atoms with Crippen LogP contribution in [0.25, 0.3) is 0 Å². The minimum absolute atomic E-state index is 0.0563. The summed E-state index contributed by atoms with van der Waals surface area (Å²) in [4.78, 5) is 11.4. The number of rotatable bonds is 8. The van der Waals surface area contributed by atoms with Gasteiger partial charge in [-0.15, -0.1) is 11.3 Å². The number of methoxy groups -OCH3 is 1. The van der Waals surface area contributed by atoms with Gasteiger partial charge in [0.15, 0.2) is 11.5 Å². The summed E-state index contributed by atoms with van der Waals surface area (Å²) in [5.74, 6) is 1.98. The van der Waals surface area contributed by atoms with Crippen LogP contribution < -0.4 is 14.2 Å². The van der Waals surface area contributed by atoms with Crippen molar-refractivity contribution in [3.8, 4) is 17.2 Å². The molecule has 0 unspecified atom stereocenters. The summed E-state index contributed by atoms with van der Waals surface area (Å²) in [7, 11) is 1.36. The Labute approximate surface area is 156 Å². The number of ether oxygens (including phenoxy) is 5. The fourth-order valence-corrected chi connectivity index (χ4v) is 3.13. The first-order valence-corrected chi connectivity index (χ1v) is 9.45. The highest BCUT2D eigenvalue weighted by Crippen LogP contribution is 2.33. The van der Waals surface area contributed by atoms with Crippen LogP contribution in [0.3, 0.4) is 0 Å². The van der Waals surface area contributed by atoms with Crippen LogP contribution >= 0.6 is 11.3 Å². The van der Waals surface area contributed by atoms with Crippen LogP contribution in [-0.4, -0.2) is 45.6 Å². The van der Waals surface area contributed by atoms with E-state index in [-0.39, 0.29) is 12.1 Å². The zero-order valence-electron chi connectivity index (χ0n) is 14.6. The average molecular weight is 378 g/mol. The molecule has 1 aliphatic heterocycles. The summed E-state index contributed by atoms with van der Waals surface area (Å²) in [5, 5.41) is 3.87. The Hall–Kier alpha value is -2.25. The maximum absolute atomic E-state index is 11.4. The van der Waals surface area contributed by atoms with Crippen LogP contribution in [0.5, 0.6) is 17.2 Å². The third-order valence-corrected chi connectivity index (χ3v) is 4.58. The molecular formula is C19H22O6S. The zero-order chi connectivity index (χ0) is 18.2. The lowest BCUT2D eigenvalue weighted by molar-refractivity contribution is 0.000398. The zero-order valence-corrected chi connectivity index (χ0v) is 15.5. The first kappa shape index (κ1) is 18.5. The first-order chi connectivity index (χ1) is 12.8. The minimum Gasteiger partial charge on any atom is -0.494 e. The largest absolute Gasteiger partial charge is 0.494 e. The number of hydrogen-bond donors (Lipinski definition) is 0. The van der Waals surface area contributed by atoms with Crippen molar-refractivity contribution < 1.29 is 28.5 Å². The molecule has 26 heavy (non-hydrogen) atoms. The molecule has 0 amide bonds. The van der Waals surface area contributed by atoms with Gasteiger partial charge in [0.1, 0.15) is 25.1 Å². The topological polar surface area (TPSA) is 63.2 Å². The van der Waals surface area contributed by atoms with Gasteiger partial charge in [0.2, 0.25) is 0 Å². The lowest BCUT2D eigenvalue weighted by Crippen LogP contribution is -2.27. The van der Waals surface area contributed by atoms with Gasteiger partial charge in [-0.1, -0.05) is 0 Å². The Morgan fingerprint density at radius 1 is 1.08 bits per heavy atom. The minimum atomic E-state index is -0.352. The van der Waals surface area contributed by atoms with Gasteiger partial charge in [-0.3, -0.25) is 0 Å². The smallest absolute Gasteiger partial charge is 0.337 e. The van der Waals surface area contributed by atoms with Crippen molar-refractivity contribution >= 4 is 17.3 Å². The van der Waals surface area contributed by atoms with Crippen LogP contribution in [0.4, 0.5) is 0 Å². The molecule has 0 spiro atoms. The number of carbonyl (C=O) groups excluding carboxylic acids is 1. The second-order valence-electron chi connectivity index (χ2n) is 5.79. The van der Waals surface area contributed by atoms with Crippen molar-refractivity contribution in [3.63, 3.8) is 0 Å². The molecule has 6 nitrogen and oxygen atoms in total. The van der Waals surface area contributed by atoms with E-state index in [2.05, 4.69) is 4.74 Å². The number of benzene rings is 1. The highest BCUT2D eigenvalue weighted by molar-refractivity contribution is 7.08. The van der Waals surface area contributed by atoms with Crippen molar-refractivity contribution in [2.24, 2.45) is 0 Å². The van der Waals surface area contributed by atoms with Crippen LogP contribution in [0.2, 0.25) is 0 Å². The number of esters is 1. The lowest BCUT2D eigenvalue weighted by Gasteiger charge is -2.14. The first-order valence-electron chi connectivity index (χ1n) is 8.51. The maximum Gasteiger partial charge on any atom is 0.337 e. The van der Waals surface area contributed by atoms with E-state index in [0.717, 1.165) is 30.1 Å². The van der Waals surface area contributed by atoms with Crippen molar-refractivity contribution in [1.82, 2.24) is 0 Å². The highest BCUT2D eigenvalue weighted by atomic mass is 32.1. The van der Waals surface area contributed by atoms with Crippen LogP contribution in [0.1, 0.15) is 23.2 Å². The van der Waals surface area contributed by atoms with Crippen molar-refractivity contribution in [2.75, 3.05) is 33.5 Å². The lowest BCUT2D eigenvalue weighted by atomic mass is 10.2. The van der Waals surface area contributed by atoms with Gasteiger partial charge in [-0.05, 0) is 37.1 Å². The summed E-state index contributed by atoms with van der Waals surface area (Å²) < 4.78 is 27.5. The van der Waals surface area contributed by atoms with E-state index in [9.17, 15) is 4.79 Å². The third kappa shape index (κ3) is 5.12. The molecule has 1 aliphatic rings. The third-order valence-electron chi connectivity index (χ3n) is 3.88. The van der Waals surface area contributed by atoms with Crippen LogP contribution in [0, 0.1) is 0 Å². The molecule has 0 bridgehead atoms. The molecule has 1 aromatic heterocycles. The summed E-state index contributed by atoms with van der Waals surface area (Å²) >= 11 is 1.57. The SMILES string of the molecule is COC(=O)c1ccc(OCCCCOC2COc3cscc3OC2)cc1. The number of unbranched alkanes of at least 4 members (excludes halogenated alkanes) is 1. The van der Waals surface area contributed by atoms with Crippen LogP contribution in [-0.2, 0) is 9.47 Å². The molecule has 0 atom stereocenters. The molecule has 0 saturated heterocycles. The molecule has 7 heteroatoms. The molecule has 0 fully saturated rings. The standard InChI is InChI=1S/C19H22O6S/c1-21-19(20)14-4-6-15(7-5-14)22-8-2-3-9-23-16-10-24-17-12-26-13-18(17)25-11-16/h4-7,12-13,16H,2-3,8-11H2,1H3. The summed E-state index contributed by atoms with van der Waals surface area (Å²) in [5.41, 5.74) is 0.510. The van der Waals surface area contributed by atoms with Gasteiger partial charge in [0.05, 0.1) is 19.3 Å². The molecule has 3 rings (SSSR count). The predicted molar refractivity (Wildman–Crippen MR) is 97.6 cm³/mol. The van der Waals surface area contributed by atoms with E-state index in [0.29, 0.717) is 32.0 Å². The Kier molecular flexibility index (Phi) is 6.74. The molecule has 1 aromatic carbocycles. The van der Waals surface area contributed by atoms with Crippen LogP contribution in [0.15, 0.2) is 35.0 Å². The van der Waals surface area contributed by atoms with Crippen molar-refractivity contribution in [3.05, 3.63) is 40.6 Å². The van der Waals surface area contributed by atoms with Gasteiger partial charge < -0.3 is 23.7 Å². The second kappa shape index (κ2) is 9.45. The number of fused-ring (bicyclic) bond motifs is 1. The molecule has 2 heterocycles. The molecule has 140 valence electrons. The van der Waals surface area contributed by atoms with Gasteiger partial charge in [-0.2, -0.15) is 0 Å². The number of thiophene rings is 1. The normalized spacial score (nSPS) is 13.9. The highest BCUT2D eigenvalue weighted by Gasteiger charge is 2.19. The number of hydrogen-bond acceptors (Lipinski definition) is 7. The van der Waals surface area contributed by atoms with E-state index in [1.54, 1.807) is 35.6 Å². The average Bonchev–Trinajstić information content (AvgIpc) is 3.04. The van der Waals surface area contributed by atoms with Gasteiger partial charge >= 0.3 is 5.97 Å². The van der Waals surface area contributed by atoms with Gasteiger partial charge in [0.25, 0.3) is 0 Å². The Bertz CT molecular complexity index is 674. The summed E-state index contributed by atoms with van der Waals surface area (Å²) in [6, 6.07) is 6.91. The monoisotopic (exact) mass is 378 g/mol. The predicted octanol–water partition coefficient (Wildman–Crippen LogP) is 3.55. The Balaban J connectivity index is 1.28. The Morgan fingerprint density at radius 3 is 2.38 bits per heavy atom. The fourth-order valence-electron chi connectivity index (χ4n) is 2.44. The molecule has 0 aliphatic carbocycles. The van der Waals surface area contributed by atoms with E-state index in [1.165, 1.54) is 7.11 Å².